The monoisotopic (exact) mass is 418 g/mol. The number of Topliss-reactive ketones (excluding diaryl/α,β-unsaturated/α-hetero) is 1. The van der Waals surface area contributed by atoms with Crippen LogP contribution in [0.15, 0.2) is 35.2 Å². The molecule has 0 amide bonds. The van der Waals surface area contributed by atoms with Crippen molar-refractivity contribution in [3.63, 3.8) is 0 Å². The van der Waals surface area contributed by atoms with Crippen molar-refractivity contribution in [1.29, 1.82) is 0 Å². The highest BCUT2D eigenvalue weighted by Gasteiger charge is 2.28. The summed E-state index contributed by atoms with van der Waals surface area (Å²) in [5, 5.41) is 0. The molecule has 1 aliphatic carbocycles. The summed E-state index contributed by atoms with van der Waals surface area (Å²) in [6.45, 7) is 6.30. The number of aryl methyl sites for hydroxylation is 1. The number of ether oxygens (including phenoxy) is 1. The van der Waals surface area contributed by atoms with Gasteiger partial charge in [-0.05, 0) is 57.4 Å². The number of carbonyl (C=O) groups is 2. The standard InChI is InChI=1S/C21H26N2O5S/c1-4-10-23-14(2)11-19(15(23)3)20(24)13-28-21(25)16-6-5-7-18(12-16)29(26,27)22-17-8-9-17/h5-7,11-12,17,22H,4,8-10,13H2,1-3H3. The fraction of sp³-hybridized carbons (Fsp3) is 0.429. The summed E-state index contributed by atoms with van der Waals surface area (Å²) < 4.78 is 34.4. The fourth-order valence-electron chi connectivity index (χ4n) is 3.22. The van der Waals surface area contributed by atoms with Crippen LogP contribution in [0.1, 0.15) is 58.3 Å². The Kier molecular flexibility index (Phi) is 6.24. The SMILES string of the molecule is CCCn1c(C)cc(C(=O)COC(=O)c2cccc(S(=O)(=O)NC3CC3)c2)c1C. The fourth-order valence-corrected chi connectivity index (χ4v) is 4.57. The molecule has 0 spiro atoms. The van der Waals surface area contributed by atoms with Crippen molar-refractivity contribution in [2.45, 2.75) is 57.5 Å². The van der Waals surface area contributed by atoms with E-state index in [-0.39, 0.29) is 22.3 Å². The number of sulfonamides is 1. The van der Waals surface area contributed by atoms with E-state index in [2.05, 4.69) is 16.2 Å². The van der Waals surface area contributed by atoms with Crippen LogP contribution in [0.25, 0.3) is 0 Å². The van der Waals surface area contributed by atoms with Crippen LogP contribution in [0.4, 0.5) is 0 Å². The predicted molar refractivity (Wildman–Crippen MR) is 109 cm³/mol. The maximum Gasteiger partial charge on any atom is 0.338 e. The van der Waals surface area contributed by atoms with E-state index in [1.807, 2.05) is 13.8 Å². The first-order chi connectivity index (χ1) is 13.7. The molecule has 1 heterocycles. The van der Waals surface area contributed by atoms with Crippen molar-refractivity contribution in [3.8, 4) is 0 Å². The molecule has 0 atom stereocenters. The lowest BCUT2D eigenvalue weighted by Gasteiger charge is -2.09. The summed E-state index contributed by atoms with van der Waals surface area (Å²) in [7, 11) is -3.67. The van der Waals surface area contributed by atoms with Gasteiger partial charge in [0.2, 0.25) is 15.8 Å². The zero-order valence-corrected chi connectivity index (χ0v) is 17.7. The van der Waals surface area contributed by atoms with Crippen LogP contribution >= 0.6 is 0 Å². The van der Waals surface area contributed by atoms with E-state index < -0.39 is 22.6 Å². The lowest BCUT2D eigenvalue weighted by Crippen LogP contribution is -2.26. The zero-order valence-electron chi connectivity index (χ0n) is 16.9. The molecule has 1 aliphatic rings. The molecule has 0 unspecified atom stereocenters. The van der Waals surface area contributed by atoms with Crippen LogP contribution in [0.3, 0.4) is 0 Å². The Morgan fingerprint density at radius 3 is 2.59 bits per heavy atom. The van der Waals surface area contributed by atoms with Crippen molar-refractivity contribution in [3.05, 3.63) is 52.8 Å². The quantitative estimate of drug-likeness (QED) is 0.499. The van der Waals surface area contributed by atoms with E-state index in [1.165, 1.54) is 24.3 Å². The number of esters is 1. The van der Waals surface area contributed by atoms with Crippen LogP contribution < -0.4 is 4.72 Å². The van der Waals surface area contributed by atoms with Crippen molar-refractivity contribution in [1.82, 2.24) is 9.29 Å². The van der Waals surface area contributed by atoms with E-state index in [4.69, 9.17) is 4.74 Å². The third-order valence-corrected chi connectivity index (χ3v) is 6.45. The number of hydrogen-bond acceptors (Lipinski definition) is 5. The molecular weight excluding hydrogens is 392 g/mol. The third-order valence-electron chi connectivity index (χ3n) is 4.93. The molecule has 2 aromatic rings. The van der Waals surface area contributed by atoms with Gasteiger partial charge < -0.3 is 9.30 Å². The summed E-state index contributed by atoms with van der Waals surface area (Å²) in [6, 6.07) is 7.42. The predicted octanol–water partition coefficient (Wildman–Crippen LogP) is 3.00. The topological polar surface area (TPSA) is 94.5 Å². The normalized spacial score (nSPS) is 14.0. The summed E-state index contributed by atoms with van der Waals surface area (Å²) >= 11 is 0. The Balaban J connectivity index is 1.67. The number of carbonyl (C=O) groups excluding carboxylic acids is 2. The van der Waals surface area contributed by atoms with Crippen LogP contribution in [-0.4, -0.2) is 37.4 Å². The maximum atomic E-state index is 12.5. The molecule has 1 saturated carbocycles. The molecule has 8 heteroatoms. The number of benzene rings is 1. The number of aromatic nitrogens is 1. The summed E-state index contributed by atoms with van der Waals surface area (Å²) in [5.74, 6) is -1.02. The smallest absolute Gasteiger partial charge is 0.338 e. The van der Waals surface area contributed by atoms with Gasteiger partial charge in [0.15, 0.2) is 6.61 Å². The highest BCUT2D eigenvalue weighted by molar-refractivity contribution is 7.89. The number of nitrogens with one attached hydrogen (secondary N) is 1. The summed E-state index contributed by atoms with van der Waals surface area (Å²) in [4.78, 5) is 24.9. The Hall–Kier alpha value is -2.45. The Bertz CT molecular complexity index is 1040. The van der Waals surface area contributed by atoms with Gasteiger partial charge in [-0.3, -0.25) is 4.79 Å². The van der Waals surface area contributed by atoms with Gasteiger partial charge in [0, 0.05) is 29.5 Å². The minimum atomic E-state index is -3.67. The van der Waals surface area contributed by atoms with Gasteiger partial charge in [-0.2, -0.15) is 0 Å². The Morgan fingerprint density at radius 2 is 1.93 bits per heavy atom. The van der Waals surface area contributed by atoms with Crippen molar-refractivity contribution < 1.29 is 22.7 Å². The summed E-state index contributed by atoms with van der Waals surface area (Å²) in [6.07, 6.45) is 2.59. The second kappa shape index (κ2) is 8.51. The second-order valence-electron chi connectivity index (χ2n) is 7.36. The first kappa shape index (κ1) is 21.3. The molecule has 1 fully saturated rings. The van der Waals surface area contributed by atoms with Gasteiger partial charge in [0.05, 0.1) is 10.5 Å². The van der Waals surface area contributed by atoms with Crippen molar-refractivity contribution in [2.24, 2.45) is 0 Å². The molecule has 0 aliphatic heterocycles. The average molecular weight is 419 g/mol. The van der Waals surface area contributed by atoms with Gasteiger partial charge in [-0.1, -0.05) is 13.0 Å². The maximum absolute atomic E-state index is 12.5. The molecule has 0 radical (unpaired) electrons. The van der Waals surface area contributed by atoms with Crippen molar-refractivity contribution >= 4 is 21.8 Å². The minimum Gasteiger partial charge on any atom is -0.454 e. The molecule has 1 N–H and O–H groups in total. The highest BCUT2D eigenvalue weighted by atomic mass is 32.2. The van der Waals surface area contributed by atoms with Gasteiger partial charge in [0.25, 0.3) is 0 Å². The second-order valence-corrected chi connectivity index (χ2v) is 9.07. The van der Waals surface area contributed by atoms with E-state index in [0.717, 1.165) is 37.2 Å². The lowest BCUT2D eigenvalue weighted by molar-refractivity contribution is 0.0474. The molecule has 0 bridgehead atoms. The van der Waals surface area contributed by atoms with Gasteiger partial charge >= 0.3 is 5.97 Å². The first-order valence-corrected chi connectivity index (χ1v) is 11.2. The zero-order chi connectivity index (χ0) is 21.2. The van der Waals surface area contributed by atoms with E-state index in [9.17, 15) is 18.0 Å². The van der Waals surface area contributed by atoms with Crippen molar-refractivity contribution in [2.75, 3.05) is 6.61 Å². The molecule has 156 valence electrons. The third kappa shape index (κ3) is 4.94. The Morgan fingerprint density at radius 1 is 1.21 bits per heavy atom. The molecule has 1 aromatic heterocycles. The molecule has 29 heavy (non-hydrogen) atoms. The Labute approximate surface area is 171 Å². The molecule has 0 saturated heterocycles. The highest BCUT2D eigenvalue weighted by Crippen LogP contribution is 2.23. The van der Waals surface area contributed by atoms with Crippen LogP contribution in [0, 0.1) is 13.8 Å². The minimum absolute atomic E-state index is 0.00767. The first-order valence-electron chi connectivity index (χ1n) is 9.72. The number of rotatable bonds is 9. The van der Waals surface area contributed by atoms with E-state index >= 15 is 0 Å². The van der Waals surface area contributed by atoms with E-state index in [1.54, 1.807) is 6.07 Å². The van der Waals surface area contributed by atoms with Crippen LogP contribution in [0.5, 0.6) is 0 Å². The number of hydrogen-bond donors (Lipinski definition) is 1. The van der Waals surface area contributed by atoms with Gasteiger partial charge in [0.1, 0.15) is 0 Å². The van der Waals surface area contributed by atoms with Gasteiger partial charge in [-0.25, -0.2) is 17.9 Å². The molecule has 3 rings (SSSR count). The average Bonchev–Trinajstić information content (AvgIpc) is 3.45. The number of ketones is 1. The lowest BCUT2D eigenvalue weighted by atomic mass is 10.1. The van der Waals surface area contributed by atoms with Crippen LogP contribution in [0.2, 0.25) is 0 Å². The van der Waals surface area contributed by atoms with Gasteiger partial charge in [-0.15, -0.1) is 0 Å². The summed E-state index contributed by atoms with van der Waals surface area (Å²) in [5.41, 5.74) is 2.46. The van der Waals surface area contributed by atoms with E-state index in [0.29, 0.717) is 5.56 Å². The molecule has 7 nitrogen and oxygen atoms in total. The number of nitrogens with zero attached hydrogens (tertiary/aromatic N) is 1. The molecular formula is C21H26N2O5S. The van der Waals surface area contributed by atoms with Crippen LogP contribution in [-0.2, 0) is 21.3 Å². The largest absolute Gasteiger partial charge is 0.454 e. The molecule has 1 aromatic carbocycles.